The van der Waals surface area contributed by atoms with Gasteiger partial charge < -0.3 is 10.1 Å². The maximum Gasteiger partial charge on any atom is 0.0509 e. The molecule has 2 fully saturated rings. The summed E-state index contributed by atoms with van der Waals surface area (Å²) in [6.45, 7) is 15.1. The molecule has 2 rings (SSSR count). The molecule has 0 aromatic heterocycles. The summed E-state index contributed by atoms with van der Waals surface area (Å²) < 4.78 is 5.72. The van der Waals surface area contributed by atoms with E-state index in [0.29, 0.717) is 16.9 Å². The molecule has 2 aliphatic rings. The molecule has 0 bridgehead atoms. The number of ether oxygens (including phenoxy) is 1. The highest BCUT2D eigenvalue weighted by molar-refractivity contribution is 5.17. The summed E-state index contributed by atoms with van der Waals surface area (Å²) in [4.78, 5) is 0. The van der Waals surface area contributed by atoms with Crippen molar-refractivity contribution < 1.29 is 4.74 Å². The molecular formula is C16H31NO. The molecule has 1 N–H and O–H groups in total. The van der Waals surface area contributed by atoms with Crippen molar-refractivity contribution in [2.75, 3.05) is 19.8 Å². The van der Waals surface area contributed by atoms with Crippen molar-refractivity contribution in [3.8, 4) is 0 Å². The van der Waals surface area contributed by atoms with Crippen LogP contribution >= 0.6 is 0 Å². The molecule has 2 unspecified atom stereocenters. The molecule has 2 nitrogen and oxygen atoms in total. The largest absolute Gasteiger partial charge is 0.381 e. The van der Waals surface area contributed by atoms with Crippen LogP contribution in [-0.4, -0.2) is 25.8 Å². The number of hydrogen-bond acceptors (Lipinski definition) is 2. The topological polar surface area (TPSA) is 21.3 Å². The van der Waals surface area contributed by atoms with Crippen molar-refractivity contribution in [1.29, 1.82) is 0 Å². The van der Waals surface area contributed by atoms with Gasteiger partial charge in [0.2, 0.25) is 0 Å². The van der Waals surface area contributed by atoms with Crippen LogP contribution in [0.2, 0.25) is 0 Å². The van der Waals surface area contributed by atoms with Crippen molar-refractivity contribution in [3.63, 3.8) is 0 Å². The van der Waals surface area contributed by atoms with Crippen molar-refractivity contribution in [1.82, 2.24) is 5.32 Å². The minimum Gasteiger partial charge on any atom is -0.381 e. The van der Waals surface area contributed by atoms with Gasteiger partial charge in [-0.15, -0.1) is 0 Å². The first-order valence-electron chi connectivity index (χ1n) is 7.74. The minimum atomic E-state index is 0.468. The molecule has 1 saturated carbocycles. The van der Waals surface area contributed by atoms with Gasteiger partial charge in [-0.1, -0.05) is 34.6 Å². The van der Waals surface area contributed by atoms with Gasteiger partial charge in [-0.2, -0.15) is 0 Å². The van der Waals surface area contributed by atoms with Crippen LogP contribution in [0.4, 0.5) is 0 Å². The zero-order valence-electron chi connectivity index (χ0n) is 12.9. The van der Waals surface area contributed by atoms with Crippen molar-refractivity contribution in [3.05, 3.63) is 0 Å². The molecule has 1 aliphatic carbocycles. The monoisotopic (exact) mass is 253 g/mol. The Labute approximate surface area is 113 Å². The molecule has 0 radical (unpaired) electrons. The molecule has 2 atom stereocenters. The Balaban J connectivity index is 2.06. The standard InChI is InChI=1S/C16H31NO/c1-6-9-17-13(12-8-7-10-18-11-12)14-15(2,3)16(14,4)5/h12-14,17H,6-11H2,1-5H3. The van der Waals surface area contributed by atoms with E-state index in [1.807, 2.05) is 0 Å². The third kappa shape index (κ3) is 2.34. The van der Waals surface area contributed by atoms with Crippen molar-refractivity contribution >= 4 is 0 Å². The summed E-state index contributed by atoms with van der Waals surface area (Å²) in [5, 5.41) is 3.83. The smallest absolute Gasteiger partial charge is 0.0509 e. The van der Waals surface area contributed by atoms with E-state index < -0.39 is 0 Å². The van der Waals surface area contributed by atoms with Crippen LogP contribution in [0.25, 0.3) is 0 Å². The summed E-state index contributed by atoms with van der Waals surface area (Å²) in [6, 6.07) is 0.648. The number of hydrogen-bond donors (Lipinski definition) is 1. The Bertz CT molecular complexity index is 265. The van der Waals surface area contributed by atoms with Crippen LogP contribution in [0, 0.1) is 22.7 Å². The van der Waals surface area contributed by atoms with E-state index in [1.165, 1.54) is 19.3 Å². The van der Waals surface area contributed by atoms with Crippen LogP contribution in [0.15, 0.2) is 0 Å². The second-order valence-corrected chi connectivity index (χ2v) is 7.38. The third-order valence-electron chi connectivity index (χ3n) is 5.82. The van der Waals surface area contributed by atoms with Gasteiger partial charge >= 0.3 is 0 Å². The van der Waals surface area contributed by atoms with Gasteiger partial charge in [0.05, 0.1) is 6.61 Å². The lowest BCUT2D eigenvalue weighted by molar-refractivity contribution is 0.0324. The highest BCUT2D eigenvalue weighted by atomic mass is 16.5. The quantitative estimate of drug-likeness (QED) is 0.810. The summed E-state index contributed by atoms with van der Waals surface area (Å²) in [6.07, 6.45) is 3.80. The highest BCUT2D eigenvalue weighted by Gasteiger charge is 2.67. The van der Waals surface area contributed by atoms with Crippen LogP contribution in [0.3, 0.4) is 0 Å². The van der Waals surface area contributed by atoms with Crippen LogP contribution in [-0.2, 0) is 4.74 Å². The Hall–Kier alpha value is -0.0800. The molecule has 1 heterocycles. The Morgan fingerprint density at radius 3 is 2.33 bits per heavy atom. The summed E-state index contributed by atoms with van der Waals surface area (Å²) in [5.41, 5.74) is 0.936. The maximum absolute atomic E-state index is 5.72. The fourth-order valence-corrected chi connectivity index (χ4v) is 4.06. The molecule has 0 spiro atoms. The first-order chi connectivity index (χ1) is 8.43. The van der Waals surface area contributed by atoms with Crippen molar-refractivity contribution in [2.45, 2.75) is 59.9 Å². The van der Waals surface area contributed by atoms with Crippen molar-refractivity contribution in [2.24, 2.45) is 22.7 Å². The lowest BCUT2D eigenvalue weighted by Crippen LogP contribution is -2.43. The zero-order valence-corrected chi connectivity index (χ0v) is 12.9. The fraction of sp³-hybridized carbons (Fsp3) is 1.00. The zero-order chi connectivity index (χ0) is 13.4. The fourth-order valence-electron chi connectivity index (χ4n) is 4.06. The molecule has 0 amide bonds. The van der Waals surface area contributed by atoms with Crippen LogP contribution in [0.1, 0.15) is 53.9 Å². The summed E-state index contributed by atoms with van der Waals surface area (Å²) in [7, 11) is 0. The minimum absolute atomic E-state index is 0.468. The molecule has 18 heavy (non-hydrogen) atoms. The molecule has 0 aromatic rings. The average Bonchev–Trinajstić information content (AvgIpc) is 2.74. The summed E-state index contributed by atoms with van der Waals surface area (Å²) >= 11 is 0. The van der Waals surface area contributed by atoms with Gasteiger partial charge in [0.1, 0.15) is 0 Å². The summed E-state index contributed by atoms with van der Waals surface area (Å²) in [5.74, 6) is 1.51. The Kier molecular flexibility index (Phi) is 4.08. The van der Waals surface area contributed by atoms with E-state index in [1.54, 1.807) is 0 Å². The SMILES string of the molecule is CCCNC(C1CCCOC1)C1C(C)(C)C1(C)C. The van der Waals surface area contributed by atoms with Crippen LogP contribution < -0.4 is 5.32 Å². The van der Waals surface area contributed by atoms with E-state index in [0.717, 1.165) is 31.6 Å². The molecule has 2 heteroatoms. The maximum atomic E-state index is 5.72. The molecule has 1 saturated heterocycles. The number of nitrogens with one attached hydrogen (secondary N) is 1. The van der Waals surface area contributed by atoms with Gasteiger partial charge in [0, 0.05) is 12.6 Å². The van der Waals surface area contributed by atoms with E-state index >= 15 is 0 Å². The van der Waals surface area contributed by atoms with Gasteiger partial charge in [-0.25, -0.2) is 0 Å². The number of rotatable bonds is 5. The first-order valence-corrected chi connectivity index (χ1v) is 7.74. The van der Waals surface area contributed by atoms with E-state index in [9.17, 15) is 0 Å². The Morgan fingerprint density at radius 1 is 1.22 bits per heavy atom. The first kappa shape index (κ1) is 14.3. The van der Waals surface area contributed by atoms with E-state index in [4.69, 9.17) is 4.74 Å². The highest BCUT2D eigenvalue weighted by Crippen LogP contribution is 2.70. The van der Waals surface area contributed by atoms with Gasteiger partial charge in [-0.05, 0) is 48.5 Å². The van der Waals surface area contributed by atoms with Crippen LogP contribution in [0.5, 0.6) is 0 Å². The predicted molar refractivity (Wildman–Crippen MR) is 76.7 cm³/mol. The molecule has 106 valence electrons. The normalized spacial score (nSPS) is 32.2. The lowest BCUT2D eigenvalue weighted by atomic mass is 9.87. The molecule has 1 aliphatic heterocycles. The second kappa shape index (κ2) is 5.13. The third-order valence-corrected chi connectivity index (χ3v) is 5.82. The molecular weight excluding hydrogens is 222 g/mol. The van der Waals surface area contributed by atoms with E-state index in [2.05, 4.69) is 39.9 Å². The second-order valence-electron chi connectivity index (χ2n) is 7.38. The molecule has 0 aromatic carbocycles. The Morgan fingerprint density at radius 2 is 1.89 bits per heavy atom. The van der Waals surface area contributed by atoms with E-state index in [-0.39, 0.29) is 0 Å². The average molecular weight is 253 g/mol. The predicted octanol–water partition coefficient (Wildman–Crippen LogP) is 3.46. The van der Waals surface area contributed by atoms with Gasteiger partial charge in [-0.3, -0.25) is 0 Å². The van der Waals surface area contributed by atoms with Gasteiger partial charge in [0.25, 0.3) is 0 Å². The van der Waals surface area contributed by atoms with Gasteiger partial charge in [0.15, 0.2) is 0 Å². The lowest BCUT2D eigenvalue weighted by Gasteiger charge is -2.32.